The Hall–Kier alpha value is -1.47. The smallest absolute Gasteiger partial charge is 0.334 e. The molecule has 1 aliphatic rings. The summed E-state index contributed by atoms with van der Waals surface area (Å²) in [4.78, 5) is 30.1. The van der Waals surface area contributed by atoms with Gasteiger partial charge in [0.2, 0.25) is 0 Å². The number of hydrogen-bond donors (Lipinski definition) is 1. The van der Waals surface area contributed by atoms with Gasteiger partial charge in [0.25, 0.3) is 5.91 Å². The fourth-order valence-electron chi connectivity index (χ4n) is 2.21. The minimum Gasteiger partial charge on any atom is -0.479 e. The van der Waals surface area contributed by atoms with Crippen LogP contribution in [-0.2, 0) is 16.0 Å². The summed E-state index contributed by atoms with van der Waals surface area (Å²) in [7, 11) is 0. The summed E-state index contributed by atoms with van der Waals surface area (Å²) in [6.07, 6.45) is -0.0920. The Balaban J connectivity index is 2.12. The van der Waals surface area contributed by atoms with Crippen molar-refractivity contribution in [2.45, 2.75) is 33.3 Å². The molecule has 1 aromatic rings. The minimum absolute atomic E-state index is 0.0883. The maximum Gasteiger partial charge on any atom is 0.334 e. The van der Waals surface area contributed by atoms with Crippen LogP contribution in [0.4, 0.5) is 0 Å². The Morgan fingerprint density at radius 1 is 1.52 bits per heavy atom. The molecule has 2 heterocycles. The number of aliphatic carboxylic acids is 1. The third-order valence-electron chi connectivity index (χ3n) is 3.25. The largest absolute Gasteiger partial charge is 0.479 e. The second kappa shape index (κ2) is 6.53. The number of carboxylic acid groups (broad SMARTS) is 1. The molecule has 0 radical (unpaired) electrons. The lowest BCUT2D eigenvalue weighted by atomic mass is 10.1. The molecule has 1 fully saturated rings. The Labute approximate surface area is 127 Å². The Bertz CT molecular complexity index is 541. The van der Waals surface area contributed by atoms with Gasteiger partial charge in [-0.25, -0.2) is 9.78 Å². The first-order valence-corrected chi connectivity index (χ1v) is 7.80. The van der Waals surface area contributed by atoms with E-state index in [4.69, 9.17) is 9.84 Å². The molecule has 0 spiro atoms. The zero-order valence-electron chi connectivity index (χ0n) is 12.5. The SMILES string of the molecule is Cc1nc(CC(C)C)sc1C(=O)N1CCO[C@@H](C(=O)O)C1. The van der Waals surface area contributed by atoms with E-state index in [1.807, 2.05) is 6.92 Å². The molecule has 1 aliphatic heterocycles. The van der Waals surface area contributed by atoms with Crippen LogP contribution in [0.15, 0.2) is 0 Å². The molecule has 1 atom stereocenters. The topological polar surface area (TPSA) is 79.7 Å². The number of hydrogen-bond acceptors (Lipinski definition) is 5. The monoisotopic (exact) mass is 312 g/mol. The highest BCUT2D eigenvalue weighted by molar-refractivity contribution is 7.13. The molecule has 6 nitrogen and oxygen atoms in total. The van der Waals surface area contributed by atoms with Crippen molar-refractivity contribution in [3.8, 4) is 0 Å². The van der Waals surface area contributed by atoms with E-state index in [0.29, 0.717) is 17.3 Å². The van der Waals surface area contributed by atoms with E-state index in [1.54, 1.807) is 4.90 Å². The number of ether oxygens (including phenoxy) is 1. The summed E-state index contributed by atoms with van der Waals surface area (Å²) in [5, 5.41) is 9.95. The molecule has 0 bridgehead atoms. The lowest BCUT2D eigenvalue weighted by Crippen LogP contribution is -2.48. The minimum atomic E-state index is -1.03. The normalized spacial score (nSPS) is 19.0. The van der Waals surface area contributed by atoms with Crippen molar-refractivity contribution in [1.29, 1.82) is 0 Å². The van der Waals surface area contributed by atoms with E-state index in [-0.39, 0.29) is 19.1 Å². The van der Waals surface area contributed by atoms with Crippen LogP contribution in [0.3, 0.4) is 0 Å². The van der Waals surface area contributed by atoms with Crippen LogP contribution in [0.1, 0.15) is 34.2 Å². The molecule has 1 N–H and O–H groups in total. The quantitative estimate of drug-likeness (QED) is 0.913. The molecule has 0 saturated carbocycles. The van der Waals surface area contributed by atoms with E-state index in [2.05, 4.69) is 18.8 Å². The lowest BCUT2D eigenvalue weighted by molar-refractivity contribution is -0.154. The molecule has 1 aromatic heterocycles. The first-order chi connectivity index (χ1) is 9.88. The van der Waals surface area contributed by atoms with E-state index < -0.39 is 12.1 Å². The number of carboxylic acids is 1. The molecule has 1 saturated heterocycles. The first-order valence-electron chi connectivity index (χ1n) is 6.98. The van der Waals surface area contributed by atoms with Crippen molar-refractivity contribution in [2.24, 2.45) is 5.92 Å². The average Bonchev–Trinajstić information content (AvgIpc) is 2.78. The number of carbonyl (C=O) groups excluding carboxylic acids is 1. The molecule has 0 aromatic carbocycles. The number of morpholine rings is 1. The number of aryl methyl sites for hydroxylation is 1. The predicted octanol–water partition coefficient (Wildman–Crippen LogP) is 1.58. The zero-order valence-corrected chi connectivity index (χ0v) is 13.3. The standard InChI is InChI=1S/C14H20N2O4S/c1-8(2)6-11-15-9(3)12(21-11)13(17)16-4-5-20-10(7-16)14(18)19/h8,10H,4-7H2,1-3H3,(H,18,19)/t10-/m1/s1. The van der Waals surface area contributed by atoms with Crippen molar-refractivity contribution in [3.63, 3.8) is 0 Å². The van der Waals surface area contributed by atoms with Gasteiger partial charge in [0, 0.05) is 13.0 Å². The lowest BCUT2D eigenvalue weighted by Gasteiger charge is -2.30. The Morgan fingerprint density at radius 3 is 2.86 bits per heavy atom. The van der Waals surface area contributed by atoms with Crippen LogP contribution < -0.4 is 0 Å². The number of carbonyl (C=O) groups is 2. The van der Waals surface area contributed by atoms with Crippen LogP contribution in [0.25, 0.3) is 0 Å². The first kappa shape index (κ1) is 15.9. The molecule has 21 heavy (non-hydrogen) atoms. The maximum absolute atomic E-state index is 12.5. The number of thiazole rings is 1. The summed E-state index contributed by atoms with van der Waals surface area (Å²) >= 11 is 1.41. The van der Waals surface area contributed by atoms with Gasteiger partial charge in [-0.1, -0.05) is 13.8 Å². The number of aromatic nitrogens is 1. The molecular formula is C14H20N2O4S. The summed E-state index contributed by atoms with van der Waals surface area (Å²) in [6.45, 7) is 6.79. The molecule has 0 aliphatic carbocycles. The summed E-state index contributed by atoms with van der Waals surface area (Å²) in [5.41, 5.74) is 0.721. The van der Waals surface area contributed by atoms with E-state index in [0.717, 1.165) is 17.1 Å². The fourth-order valence-corrected chi connectivity index (χ4v) is 3.46. The highest BCUT2D eigenvalue weighted by atomic mass is 32.1. The van der Waals surface area contributed by atoms with E-state index in [9.17, 15) is 9.59 Å². The molecule has 2 rings (SSSR count). The van der Waals surface area contributed by atoms with Gasteiger partial charge < -0.3 is 14.7 Å². The van der Waals surface area contributed by atoms with Gasteiger partial charge in [0.05, 0.1) is 23.9 Å². The van der Waals surface area contributed by atoms with Gasteiger partial charge in [-0.3, -0.25) is 4.79 Å². The third-order valence-corrected chi connectivity index (χ3v) is 4.41. The van der Waals surface area contributed by atoms with Crippen LogP contribution in [-0.4, -0.2) is 52.7 Å². The maximum atomic E-state index is 12.5. The Morgan fingerprint density at radius 2 is 2.24 bits per heavy atom. The van der Waals surface area contributed by atoms with Crippen molar-refractivity contribution < 1.29 is 19.4 Å². The van der Waals surface area contributed by atoms with Crippen LogP contribution in [0, 0.1) is 12.8 Å². The fraction of sp³-hybridized carbons (Fsp3) is 0.643. The average molecular weight is 312 g/mol. The second-order valence-corrected chi connectivity index (χ2v) is 6.65. The van der Waals surface area contributed by atoms with E-state index >= 15 is 0 Å². The number of amides is 1. The zero-order chi connectivity index (χ0) is 15.6. The molecule has 0 unspecified atom stereocenters. The van der Waals surface area contributed by atoms with Gasteiger partial charge in [-0.15, -0.1) is 11.3 Å². The van der Waals surface area contributed by atoms with Gasteiger partial charge in [-0.2, -0.15) is 0 Å². The highest BCUT2D eigenvalue weighted by Crippen LogP contribution is 2.23. The van der Waals surface area contributed by atoms with Crippen LogP contribution in [0.5, 0.6) is 0 Å². The van der Waals surface area contributed by atoms with Crippen molar-refractivity contribution in [2.75, 3.05) is 19.7 Å². The van der Waals surface area contributed by atoms with Gasteiger partial charge in [-0.05, 0) is 12.8 Å². The number of rotatable bonds is 4. The highest BCUT2D eigenvalue weighted by Gasteiger charge is 2.31. The molecule has 7 heteroatoms. The number of nitrogens with zero attached hydrogens (tertiary/aromatic N) is 2. The van der Waals surface area contributed by atoms with Crippen LogP contribution in [0.2, 0.25) is 0 Å². The predicted molar refractivity (Wildman–Crippen MR) is 78.7 cm³/mol. The Kier molecular flexibility index (Phi) is 4.95. The summed E-state index contributed by atoms with van der Waals surface area (Å²) < 4.78 is 5.14. The van der Waals surface area contributed by atoms with Crippen molar-refractivity contribution >= 4 is 23.2 Å². The second-order valence-electron chi connectivity index (χ2n) is 5.57. The van der Waals surface area contributed by atoms with Gasteiger partial charge in [0.1, 0.15) is 4.88 Å². The van der Waals surface area contributed by atoms with Crippen molar-refractivity contribution in [1.82, 2.24) is 9.88 Å². The molecule has 1 amide bonds. The molecular weight excluding hydrogens is 292 g/mol. The summed E-state index contributed by atoms with van der Waals surface area (Å²) in [5.74, 6) is -0.693. The third kappa shape index (κ3) is 3.79. The van der Waals surface area contributed by atoms with Gasteiger partial charge >= 0.3 is 5.97 Å². The van der Waals surface area contributed by atoms with Crippen LogP contribution >= 0.6 is 11.3 Å². The molecule has 116 valence electrons. The van der Waals surface area contributed by atoms with Gasteiger partial charge in [0.15, 0.2) is 6.10 Å². The summed E-state index contributed by atoms with van der Waals surface area (Å²) in [6, 6.07) is 0. The van der Waals surface area contributed by atoms with Crippen molar-refractivity contribution in [3.05, 3.63) is 15.6 Å². The van der Waals surface area contributed by atoms with E-state index in [1.165, 1.54) is 11.3 Å².